The van der Waals surface area contributed by atoms with E-state index in [2.05, 4.69) is 5.32 Å². The number of hydrogen-bond acceptors (Lipinski definition) is 4. The third kappa shape index (κ3) is 3.78. The van der Waals surface area contributed by atoms with Gasteiger partial charge in [0.15, 0.2) is 11.5 Å². The first-order valence-corrected chi connectivity index (χ1v) is 8.46. The molecule has 2 bridgehead atoms. The molecular weight excluding hydrogens is 328 g/mol. The zero-order valence-corrected chi connectivity index (χ0v) is 15.4. The van der Waals surface area contributed by atoms with Crippen molar-refractivity contribution in [2.45, 2.75) is 50.7 Å². The number of nitrogens with one attached hydrogen (secondary N) is 1. The average Bonchev–Trinajstić information content (AvgIpc) is 2.92. The number of nitrogens with zero attached hydrogens (tertiary/aromatic N) is 1. The summed E-state index contributed by atoms with van der Waals surface area (Å²) in [6.07, 6.45) is 4.57. The molecule has 0 aliphatic carbocycles. The topological polar surface area (TPSA) is 50.8 Å². The number of carbonyl (C=O) groups is 1. The summed E-state index contributed by atoms with van der Waals surface area (Å²) in [5.74, 6) is 1.34. The van der Waals surface area contributed by atoms with Gasteiger partial charge in [-0.25, -0.2) is 0 Å². The van der Waals surface area contributed by atoms with Crippen LogP contribution >= 0.6 is 12.4 Å². The maximum atomic E-state index is 12.8. The number of fused-ring (bicyclic) bond motifs is 2. The predicted octanol–water partition coefficient (Wildman–Crippen LogP) is 2.87. The molecule has 5 nitrogen and oxygen atoms in total. The minimum Gasteiger partial charge on any atom is -0.493 e. The van der Waals surface area contributed by atoms with Crippen molar-refractivity contribution in [3.63, 3.8) is 0 Å². The molecule has 0 aromatic heterocycles. The number of halogens is 1. The van der Waals surface area contributed by atoms with Gasteiger partial charge in [-0.3, -0.25) is 4.79 Å². The summed E-state index contributed by atoms with van der Waals surface area (Å²) in [6, 6.07) is 6.88. The summed E-state index contributed by atoms with van der Waals surface area (Å²) in [7, 11) is 3.51. The van der Waals surface area contributed by atoms with Gasteiger partial charge in [0.25, 0.3) is 5.91 Å². The van der Waals surface area contributed by atoms with E-state index in [1.165, 1.54) is 12.8 Å². The van der Waals surface area contributed by atoms with Crippen molar-refractivity contribution < 1.29 is 14.3 Å². The van der Waals surface area contributed by atoms with Crippen molar-refractivity contribution in [3.8, 4) is 11.5 Å². The third-order valence-electron chi connectivity index (χ3n) is 5.03. The van der Waals surface area contributed by atoms with Gasteiger partial charge in [0.1, 0.15) is 0 Å². The molecule has 1 aromatic carbocycles. The van der Waals surface area contributed by atoms with Gasteiger partial charge >= 0.3 is 0 Å². The van der Waals surface area contributed by atoms with Crippen LogP contribution in [0.3, 0.4) is 0 Å². The lowest BCUT2D eigenvalue weighted by Crippen LogP contribution is -2.48. The van der Waals surface area contributed by atoms with Crippen LogP contribution in [0, 0.1) is 0 Å². The van der Waals surface area contributed by atoms with E-state index in [0.29, 0.717) is 41.8 Å². The number of hydrogen-bond donors (Lipinski definition) is 1. The van der Waals surface area contributed by atoms with Crippen molar-refractivity contribution in [1.82, 2.24) is 10.2 Å². The number of amides is 1. The molecule has 24 heavy (non-hydrogen) atoms. The Balaban J connectivity index is 0.00000208. The van der Waals surface area contributed by atoms with Gasteiger partial charge in [0.05, 0.1) is 13.7 Å². The fourth-order valence-electron chi connectivity index (χ4n) is 3.79. The second-order valence-electron chi connectivity index (χ2n) is 6.48. The third-order valence-corrected chi connectivity index (χ3v) is 5.03. The molecule has 2 aliphatic heterocycles. The fraction of sp³-hybridized carbons (Fsp3) is 0.611. The normalized spacial score (nSPS) is 24.9. The zero-order chi connectivity index (χ0) is 16.4. The molecule has 2 unspecified atom stereocenters. The highest BCUT2D eigenvalue weighted by atomic mass is 35.5. The second kappa shape index (κ2) is 8.08. The summed E-state index contributed by atoms with van der Waals surface area (Å²) in [6.45, 7) is 2.50. The van der Waals surface area contributed by atoms with Gasteiger partial charge in [-0.15, -0.1) is 12.4 Å². The van der Waals surface area contributed by atoms with E-state index < -0.39 is 0 Å². The minimum atomic E-state index is 0. The molecule has 1 N–H and O–H groups in total. The number of benzene rings is 1. The van der Waals surface area contributed by atoms with E-state index in [0.717, 1.165) is 12.8 Å². The minimum absolute atomic E-state index is 0. The molecule has 0 saturated carbocycles. The Labute approximate surface area is 150 Å². The van der Waals surface area contributed by atoms with Crippen LogP contribution in [0.25, 0.3) is 0 Å². The zero-order valence-electron chi connectivity index (χ0n) is 14.6. The SMILES string of the molecule is CCOc1ccc(C(=O)N(C)C2CC3CCC(C2)N3)cc1OC.Cl. The standard InChI is InChI=1S/C18H26N2O3.ClH/c1-4-23-16-8-5-12(9-17(16)22-3)18(21)20(2)15-10-13-6-7-14(11-15)19-13;/h5,8-9,13-15,19H,4,6-7,10-11H2,1-3H3;1H. The Hall–Kier alpha value is -1.46. The summed E-state index contributed by atoms with van der Waals surface area (Å²) >= 11 is 0. The molecule has 2 atom stereocenters. The molecule has 134 valence electrons. The van der Waals surface area contributed by atoms with Gasteiger partial charge in [0, 0.05) is 30.7 Å². The first kappa shape index (κ1) is 18.9. The van der Waals surface area contributed by atoms with Crippen molar-refractivity contribution in [3.05, 3.63) is 23.8 Å². The Morgan fingerprint density at radius 1 is 1.25 bits per heavy atom. The van der Waals surface area contributed by atoms with Gasteiger partial charge in [-0.2, -0.15) is 0 Å². The van der Waals surface area contributed by atoms with E-state index in [1.807, 2.05) is 31.0 Å². The van der Waals surface area contributed by atoms with Crippen LogP contribution in [0.2, 0.25) is 0 Å². The summed E-state index contributed by atoms with van der Waals surface area (Å²) in [5.41, 5.74) is 0.652. The van der Waals surface area contributed by atoms with E-state index in [9.17, 15) is 4.79 Å². The van der Waals surface area contributed by atoms with Crippen LogP contribution in [-0.4, -0.2) is 49.7 Å². The average molecular weight is 355 g/mol. The van der Waals surface area contributed by atoms with Gasteiger partial charge in [-0.05, 0) is 50.8 Å². The second-order valence-corrected chi connectivity index (χ2v) is 6.48. The summed E-state index contributed by atoms with van der Waals surface area (Å²) < 4.78 is 10.9. The molecule has 2 heterocycles. The first-order chi connectivity index (χ1) is 11.1. The van der Waals surface area contributed by atoms with Crippen LogP contribution in [-0.2, 0) is 0 Å². The molecule has 3 rings (SSSR count). The highest BCUT2D eigenvalue weighted by Gasteiger charge is 2.36. The number of rotatable bonds is 5. The van der Waals surface area contributed by atoms with Crippen LogP contribution in [0.1, 0.15) is 43.0 Å². The van der Waals surface area contributed by atoms with Crippen LogP contribution in [0.15, 0.2) is 18.2 Å². The summed E-state index contributed by atoms with van der Waals surface area (Å²) in [4.78, 5) is 14.7. The van der Waals surface area contributed by atoms with Gasteiger partial charge in [0.2, 0.25) is 0 Å². The molecule has 6 heteroatoms. The fourth-order valence-corrected chi connectivity index (χ4v) is 3.79. The Bertz CT molecular complexity index is 569. The highest BCUT2D eigenvalue weighted by molar-refractivity contribution is 5.95. The lowest BCUT2D eigenvalue weighted by molar-refractivity contribution is 0.0681. The van der Waals surface area contributed by atoms with Gasteiger partial charge < -0.3 is 19.7 Å². The van der Waals surface area contributed by atoms with Crippen LogP contribution in [0.5, 0.6) is 11.5 Å². The van der Waals surface area contributed by atoms with Gasteiger partial charge in [-0.1, -0.05) is 0 Å². The number of carbonyl (C=O) groups excluding carboxylic acids is 1. The van der Waals surface area contributed by atoms with Crippen molar-refractivity contribution in [2.75, 3.05) is 20.8 Å². The quantitative estimate of drug-likeness (QED) is 0.883. The molecule has 2 aliphatic rings. The van der Waals surface area contributed by atoms with Crippen molar-refractivity contribution in [1.29, 1.82) is 0 Å². The lowest BCUT2D eigenvalue weighted by atomic mass is 9.98. The molecule has 2 saturated heterocycles. The maximum Gasteiger partial charge on any atom is 0.253 e. The Morgan fingerprint density at radius 3 is 2.50 bits per heavy atom. The number of ether oxygens (including phenoxy) is 2. The smallest absolute Gasteiger partial charge is 0.253 e. The maximum absolute atomic E-state index is 12.8. The van der Waals surface area contributed by atoms with E-state index >= 15 is 0 Å². The van der Waals surface area contributed by atoms with Crippen molar-refractivity contribution in [2.24, 2.45) is 0 Å². The first-order valence-electron chi connectivity index (χ1n) is 8.46. The Kier molecular flexibility index (Phi) is 6.35. The molecule has 0 radical (unpaired) electrons. The van der Waals surface area contributed by atoms with E-state index in [-0.39, 0.29) is 18.3 Å². The number of piperidine rings is 1. The van der Waals surface area contributed by atoms with Crippen molar-refractivity contribution >= 4 is 18.3 Å². The van der Waals surface area contributed by atoms with E-state index in [1.54, 1.807) is 13.2 Å². The predicted molar refractivity (Wildman–Crippen MR) is 96.5 cm³/mol. The molecular formula is C18H27ClN2O3. The Morgan fingerprint density at radius 2 is 1.92 bits per heavy atom. The molecule has 0 spiro atoms. The molecule has 1 aromatic rings. The monoisotopic (exact) mass is 354 g/mol. The lowest BCUT2D eigenvalue weighted by Gasteiger charge is -2.35. The molecule has 1 amide bonds. The number of methoxy groups -OCH3 is 1. The van der Waals surface area contributed by atoms with Crippen LogP contribution in [0.4, 0.5) is 0 Å². The summed E-state index contributed by atoms with van der Waals surface area (Å²) in [5, 5.41) is 3.62. The van der Waals surface area contributed by atoms with E-state index in [4.69, 9.17) is 9.47 Å². The van der Waals surface area contributed by atoms with Crippen LogP contribution < -0.4 is 14.8 Å². The highest BCUT2D eigenvalue weighted by Crippen LogP contribution is 2.31. The largest absolute Gasteiger partial charge is 0.493 e. The molecule has 2 fully saturated rings.